The third-order valence-electron chi connectivity index (χ3n) is 8.72. The summed E-state index contributed by atoms with van der Waals surface area (Å²) in [5.74, 6) is 3.29. The normalized spacial score (nSPS) is 27.8. The maximum atomic E-state index is 6.42. The summed E-state index contributed by atoms with van der Waals surface area (Å²) in [5, 5.41) is 0. The first kappa shape index (κ1) is 36.9. The Bertz CT molecular complexity index is 541. The minimum Gasteiger partial charge on any atom is -0.353 e. The monoisotopic (exact) mass is 555 g/mol. The van der Waals surface area contributed by atoms with E-state index in [0.29, 0.717) is 24.0 Å². The van der Waals surface area contributed by atoms with Gasteiger partial charge < -0.3 is 18.9 Å². The first-order valence-electron chi connectivity index (χ1n) is 17.4. The molecule has 4 heteroatoms. The van der Waals surface area contributed by atoms with Crippen LogP contribution in [0.5, 0.6) is 0 Å². The second-order valence-electron chi connectivity index (χ2n) is 12.8. The highest BCUT2D eigenvalue weighted by Gasteiger charge is 2.43. The van der Waals surface area contributed by atoms with Gasteiger partial charge in [0.25, 0.3) is 0 Å². The second-order valence-corrected chi connectivity index (χ2v) is 12.8. The average molecular weight is 555 g/mol. The molecule has 0 heterocycles. The van der Waals surface area contributed by atoms with Gasteiger partial charge in [-0.3, -0.25) is 0 Å². The van der Waals surface area contributed by atoms with Gasteiger partial charge in [0.1, 0.15) is 0 Å². The van der Waals surface area contributed by atoms with Crippen LogP contribution in [0.3, 0.4) is 0 Å². The minimum atomic E-state index is -0.108. The molecule has 0 aromatic rings. The van der Waals surface area contributed by atoms with E-state index in [1.165, 1.54) is 96.3 Å². The molecule has 0 radical (unpaired) electrons. The van der Waals surface area contributed by atoms with Gasteiger partial charge in [0.2, 0.25) is 0 Å². The predicted molar refractivity (Wildman–Crippen MR) is 167 cm³/mol. The number of hydrogen-bond donors (Lipinski definition) is 0. The summed E-state index contributed by atoms with van der Waals surface area (Å²) in [6.07, 6.45) is 19.7. The van der Waals surface area contributed by atoms with E-state index in [0.717, 1.165) is 31.0 Å². The summed E-state index contributed by atoms with van der Waals surface area (Å²) in [7, 11) is 0. The predicted octanol–water partition coefficient (Wildman–Crippen LogP) is 10.6. The van der Waals surface area contributed by atoms with E-state index in [-0.39, 0.29) is 12.6 Å². The summed E-state index contributed by atoms with van der Waals surface area (Å²) in [4.78, 5) is 0. The quantitative estimate of drug-likeness (QED) is 0.200. The molecule has 39 heavy (non-hydrogen) atoms. The van der Waals surface area contributed by atoms with E-state index < -0.39 is 0 Å². The Balaban J connectivity index is 0.00000142. The van der Waals surface area contributed by atoms with Gasteiger partial charge >= 0.3 is 0 Å². The Morgan fingerprint density at radius 2 is 1.03 bits per heavy atom. The molecule has 3 aliphatic rings. The van der Waals surface area contributed by atoms with Gasteiger partial charge in [-0.25, -0.2) is 0 Å². The van der Waals surface area contributed by atoms with Crippen molar-refractivity contribution in [1.29, 1.82) is 0 Å². The lowest BCUT2D eigenvalue weighted by Gasteiger charge is -2.32. The van der Waals surface area contributed by atoms with Gasteiger partial charge in [-0.1, -0.05) is 106 Å². The molecule has 0 amide bonds. The van der Waals surface area contributed by atoms with Crippen molar-refractivity contribution >= 4 is 0 Å². The van der Waals surface area contributed by atoms with Crippen LogP contribution in [0.15, 0.2) is 0 Å². The van der Waals surface area contributed by atoms with Crippen LogP contribution in [0.4, 0.5) is 0 Å². The zero-order valence-corrected chi connectivity index (χ0v) is 27.8. The molecule has 3 saturated carbocycles. The maximum Gasteiger partial charge on any atom is 0.155 e. The van der Waals surface area contributed by atoms with Crippen molar-refractivity contribution in [2.75, 3.05) is 13.2 Å². The van der Waals surface area contributed by atoms with E-state index in [2.05, 4.69) is 48.5 Å². The van der Waals surface area contributed by atoms with Crippen molar-refractivity contribution in [3.8, 4) is 0 Å². The topological polar surface area (TPSA) is 36.9 Å². The maximum absolute atomic E-state index is 6.42. The molecule has 234 valence electrons. The zero-order valence-electron chi connectivity index (χ0n) is 27.8. The summed E-state index contributed by atoms with van der Waals surface area (Å²) in [6, 6.07) is 0. The first-order valence-corrected chi connectivity index (χ1v) is 17.4. The van der Waals surface area contributed by atoms with Gasteiger partial charge in [0.15, 0.2) is 12.6 Å². The molecule has 0 aliphatic heterocycles. The van der Waals surface area contributed by atoms with Crippen LogP contribution in [0.25, 0.3) is 0 Å². The second kappa shape index (κ2) is 22.4. The van der Waals surface area contributed by atoms with E-state index in [1.54, 1.807) is 0 Å². The molecule has 3 aliphatic carbocycles. The van der Waals surface area contributed by atoms with E-state index in [9.17, 15) is 0 Å². The molecule has 0 aromatic heterocycles. The largest absolute Gasteiger partial charge is 0.353 e. The third kappa shape index (κ3) is 15.0. The standard InChI is InChI=1S/C30H56O4.C3H8.C2H6/c1-6-13-25-19-26(18-22(2)3)30(21-32-24(5)34-28-16-11-8-12-17-28)29(25)20-31-23(4)33-27-14-9-7-10-15-27;1-3-2;1-2/h22-30H,6-21H2,1-5H3;3H2,1-2H3;1-2H3. The van der Waals surface area contributed by atoms with Crippen molar-refractivity contribution < 1.29 is 18.9 Å². The first-order chi connectivity index (χ1) is 18.9. The van der Waals surface area contributed by atoms with Gasteiger partial charge in [-0.05, 0) is 82.0 Å². The van der Waals surface area contributed by atoms with Crippen LogP contribution >= 0.6 is 0 Å². The molecule has 0 N–H and O–H groups in total. The molecule has 3 fully saturated rings. The fraction of sp³-hybridized carbons (Fsp3) is 1.00. The highest BCUT2D eigenvalue weighted by Crippen LogP contribution is 2.47. The summed E-state index contributed by atoms with van der Waals surface area (Å²) in [5.41, 5.74) is 0. The Morgan fingerprint density at radius 1 is 0.615 bits per heavy atom. The van der Waals surface area contributed by atoms with E-state index in [4.69, 9.17) is 18.9 Å². The van der Waals surface area contributed by atoms with Crippen molar-refractivity contribution in [1.82, 2.24) is 0 Å². The molecule has 0 saturated heterocycles. The zero-order chi connectivity index (χ0) is 29.0. The van der Waals surface area contributed by atoms with Crippen LogP contribution in [0.2, 0.25) is 0 Å². The van der Waals surface area contributed by atoms with Crippen LogP contribution < -0.4 is 0 Å². The van der Waals surface area contributed by atoms with Crippen molar-refractivity contribution in [3.05, 3.63) is 0 Å². The summed E-state index contributed by atoms with van der Waals surface area (Å²) in [6.45, 7) is 21.1. The molecule has 0 aromatic carbocycles. The Morgan fingerprint density at radius 3 is 1.41 bits per heavy atom. The van der Waals surface area contributed by atoms with Crippen molar-refractivity contribution in [2.45, 2.75) is 183 Å². The van der Waals surface area contributed by atoms with Crippen LogP contribution in [0.1, 0.15) is 159 Å². The van der Waals surface area contributed by atoms with Crippen LogP contribution in [-0.4, -0.2) is 38.0 Å². The average Bonchev–Trinajstić information content (AvgIpc) is 3.24. The van der Waals surface area contributed by atoms with Gasteiger partial charge in [0, 0.05) is 0 Å². The van der Waals surface area contributed by atoms with Gasteiger partial charge in [-0.15, -0.1) is 0 Å². The Kier molecular flexibility index (Phi) is 21.2. The van der Waals surface area contributed by atoms with Crippen molar-refractivity contribution in [3.63, 3.8) is 0 Å². The Labute approximate surface area is 245 Å². The SMILES string of the molecule is CC.CCC.CCCC1CC(CC(C)C)C(COC(C)OC2CCCCC2)C1COC(C)OC1CCCCC1. The lowest BCUT2D eigenvalue weighted by molar-refractivity contribution is -0.189. The molecule has 4 nitrogen and oxygen atoms in total. The highest BCUT2D eigenvalue weighted by molar-refractivity contribution is 4.91. The lowest BCUT2D eigenvalue weighted by Crippen LogP contribution is -2.33. The minimum absolute atomic E-state index is 0.107. The number of ether oxygens (including phenoxy) is 4. The van der Waals surface area contributed by atoms with Crippen molar-refractivity contribution in [2.24, 2.45) is 29.6 Å². The highest BCUT2D eigenvalue weighted by atomic mass is 16.7. The Hall–Kier alpha value is -0.160. The van der Waals surface area contributed by atoms with E-state index >= 15 is 0 Å². The van der Waals surface area contributed by atoms with Gasteiger partial charge in [0.05, 0.1) is 25.4 Å². The molecular formula is C35H70O4. The molecule has 6 atom stereocenters. The third-order valence-corrected chi connectivity index (χ3v) is 8.72. The van der Waals surface area contributed by atoms with Crippen LogP contribution in [0, 0.1) is 29.6 Å². The summed E-state index contributed by atoms with van der Waals surface area (Å²) < 4.78 is 25.4. The molecular weight excluding hydrogens is 484 g/mol. The number of hydrogen-bond acceptors (Lipinski definition) is 4. The van der Waals surface area contributed by atoms with Gasteiger partial charge in [-0.2, -0.15) is 0 Å². The molecule has 3 rings (SSSR count). The summed E-state index contributed by atoms with van der Waals surface area (Å²) >= 11 is 0. The van der Waals surface area contributed by atoms with Crippen LogP contribution in [-0.2, 0) is 18.9 Å². The molecule has 0 spiro atoms. The van der Waals surface area contributed by atoms with E-state index in [1.807, 2.05) is 13.8 Å². The fourth-order valence-corrected chi connectivity index (χ4v) is 7.05. The number of rotatable bonds is 14. The molecule has 6 unspecified atom stereocenters. The lowest BCUT2D eigenvalue weighted by atomic mass is 9.84. The molecule has 0 bridgehead atoms. The smallest absolute Gasteiger partial charge is 0.155 e. The fourth-order valence-electron chi connectivity index (χ4n) is 7.05.